The molecule has 0 amide bonds. The number of halogens is 2. The van der Waals surface area contributed by atoms with Gasteiger partial charge in [0, 0.05) is 5.41 Å². The summed E-state index contributed by atoms with van der Waals surface area (Å²) in [6.45, 7) is 18.2. The number of rotatable bonds is 4. The Labute approximate surface area is 383 Å². The van der Waals surface area contributed by atoms with Gasteiger partial charge in [0.15, 0.2) is 0 Å². The summed E-state index contributed by atoms with van der Waals surface area (Å²) >= 11 is 1.46. The Morgan fingerprint density at radius 2 is 1.17 bits per heavy atom. The average molecular weight is 895 g/mol. The van der Waals surface area contributed by atoms with Crippen LogP contribution in [0.4, 0.5) is 0 Å². The SMILES string of the molecule is CC1=[C-]C(C)(C)c2cc3c(cc21)-c1cc2c(cc1C3)C(C)(C)C=C2C.CC1=[C-]C(C)C=C1CC12CC3CC(CC(C3)C1)C2.[Cl-].[Cl-].[Zr+2]=[C](c1ccccc1)c1ccccc1. The summed E-state index contributed by atoms with van der Waals surface area (Å²) in [6.07, 6.45) is 23.9. The van der Waals surface area contributed by atoms with Gasteiger partial charge >= 0.3 is 99.2 Å². The van der Waals surface area contributed by atoms with Crippen molar-refractivity contribution < 1.29 is 49.0 Å². The number of fused-ring (bicyclic) bond motifs is 5. The molecule has 0 aromatic heterocycles. The minimum atomic E-state index is 0. The third-order valence-electron chi connectivity index (χ3n) is 14.7. The summed E-state index contributed by atoms with van der Waals surface area (Å²) in [5.74, 6) is 3.82. The second kappa shape index (κ2) is 16.8. The van der Waals surface area contributed by atoms with Crippen molar-refractivity contribution in [1.29, 1.82) is 0 Å². The minimum absolute atomic E-state index is 0. The van der Waals surface area contributed by atoms with Crippen molar-refractivity contribution in [2.45, 2.75) is 118 Å². The predicted molar refractivity (Wildman–Crippen MR) is 238 cm³/mol. The summed E-state index contributed by atoms with van der Waals surface area (Å²) < 4.78 is 1.42. The summed E-state index contributed by atoms with van der Waals surface area (Å²) in [7, 11) is 0. The van der Waals surface area contributed by atoms with Gasteiger partial charge < -0.3 is 24.8 Å². The van der Waals surface area contributed by atoms with Crippen LogP contribution in [-0.2, 0) is 41.5 Å². The molecule has 1 atom stereocenters. The fourth-order valence-electron chi connectivity index (χ4n) is 12.7. The Morgan fingerprint density at radius 1 is 0.661 bits per heavy atom. The summed E-state index contributed by atoms with van der Waals surface area (Å²) in [5.41, 5.74) is 21.0. The molecule has 0 nitrogen and oxygen atoms in total. The van der Waals surface area contributed by atoms with Crippen LogP contribution >= 0.6 is 0 Å². The van der Waals surface area contributed by atoms with E-state index in [0.717, 1.165) is 24.2 Å². The van der Waals surface area contributed by atoms with Crippen molar-refractivity contribution in [2.75, 3.05) is 0 Å². The molecule has 3 heteroatoms. The van der Waals surface area contributed by atoms with Crippen LogP contribution in [0.15, 0.2) is 108 Å². The van der Waals surface area contributed by atoms with E-state index in [9.17, 15) is 0 Å². The maximum atomic E-state index is 3.65. The first kappa shape index (κ1) is 44.2. The van der Waals surface area contributed by atoms with Crippen molar-refractivity contribution in [3.8, 4) is 11.1 Å². The van der Waals surface area contributed by atoms with Crippen LogP contribution in [0.2, 0.25) is 0 Å². The molecule has 0 spiro atoms. The summed E-state index contributed by atoms with van der Waals surface area (Å²) in [5, 5.41) is 0. The molecule has 4 saturated carbocycles. The Bertz CT molecular complexity index is 2220. The normalized spacial score (nSPS) is 26.1. The Morgan fingerprint density at radius 3 is 1.68 bits per heavy atom. The van der Waals surface area contributed by atoms with Crippen molar-refractivity contribution in [2.24, 2.45) is 29.1 Å². The summed E-state index contributed by atoms with van der Waals surface area (Å²) in [6, 6.07) is 30.9. The molecular formula is C56H60Cl2Zr-2. The zero-order valence-corrected chi connectivity index (χ0v) is 40.4. The molecule has 8 aliphatic carbocycles. The quantitative estimate of drug-likeness (QED) is 0.160. The standard InChI is InChI=1S/C25H25.C18H25.C13H10.2ClH.Zr/c1-14-12-24(3,4)22-8-16-7-17-9-23-19(15(2)13-25(23,5)6)11-21(17)20(16)10-18(14)22;1-12-3-13(2)17(4-12)11-18-8-14-5-15(9-18)7-16(6-14)10-18;1-3-7-12(8-4-1)11-13-9-5-2-6-10-13;;;/h8-12H,7H2,1-6H3;4,12,14-16H,5-11H2,1-2H3;1-10H;2*1H;/q2*-1;;;;+2/p-2. The number of hydrogen-bond donors (Lipinski definition) is 0. The topological polar surface area (TPSA) is 0 Å². The predicted octanol–water partition coefficient (Wildman–Crippen LogP) is 8.18. The van der Waals surface area contributed by atoms with Crippen LogP contribution in [0.5, 0.6) is 0 Å². The van der Waals surface area contributed by atoms with E-state index in [1.807, 2.05) is 0 Å². The molecule has 0 aliphatic heterocycles. The van der Waals surface area contributed by atoms with Gasteiger partial charge in [0.05, 0.1) is 0 Å². The van der Waals surface area contributed by atoms with Gasteiger partial charge in [-0.1, -0.05) is 84.4 Å². The second-order valence-electron chi connectivity index (χ2n) is 20.2. The van der Waals surface area contributed by atoms with Crippen LogP contribution in [0.1, 0.15) is 145 Å². The van der Waals surface area contributed by atoms with Crippen molar-refractivity contribution in [3.05, 3.63) is 165 Å². The third-order valence-corrected chi connectivity index (χ3v) is 16.1. The average Bonchev–Trinajstić information content (AvgIpc) is 3.83. The van der Waals surface area contributed by atoms with Gasteiger partial charge in [-0.3, -0.25) is 12.2 Å². The molecule has 0 saturated heterocycles. The number of benzene rings is 4. The molecule has 304 valence electrons. The van der Waals surface area contributed by atoms with E-state index in [1.54, 1.807) is 44.1 Å². The molecule has 4 bridgehead atoms. The Hall–Kier alpha value is -2.83. The molecule has 4 aromatic carbocycles. The Kier molecular flexibility index (Phi) is 12.6. The maximum absolute atomic E-state index is 3.65. The van der Waals surface area contributed by atoms with Gasteiger partial charge in [-0.2, -0.15) is 17.2 Å². The molecule has 0 heterocycles. The van der Waals surface area contributed by atoms with E-state index in [1.165, 1.54) is 106 Å². The molecule has 59 heavy (non-hydrogen) atoms. The molecule has 8 aliphatic rings. The van der Waals surface area contributed by atoms with Gasteiger partial charge in [-0.25, -0.2) is 11.1 Å². The van der Waals surface area contributed by atoms with E-state index in [0.29, 0.717) is 11.3 Å². The summed E-state index contributed by atoms with van der Waals surface area (Å²) in [4.78, 5) is 0. The van der Waals surface area contributed by atoms with Crippen LogP contribution in [0.25, 0.3) is 22.3 Å². The van der Waals surface area contributed by atoms with E-state index >= 15 is 0 Å². The molecule has 12 rings (SSSR count). The van der Waals surface area contributed by atoms with Crippen LogP contribution in [0.3, 0.4) is 0 Å². The first-order chi connectivity index (χ1) is 27.2. The van der Waals surface area contributed by atoms with Gasteiger partial charge in [0.2, 0.25) is 0 Å². The fourth-order valence-corrected chi connectivity index (χ4v) is 13.5. The van der Waals surface area contributed by atoms with Gasteiger partial charge in [0.1, 0.15) is 0 Å². The second-order valence-corrected chi connectivity index (χ2v) is 21.4. The first-order valence-corrected chi connectivity index (χ1v) is 23.1. The van der Waals surface area contributed by atoms with Crippen LogP contribution < -0.4 is 24.8 Å². The zero-order valence-electron chi connectivity index (χ0n) is 36.5. The first-order valence-electron chi connectivity index (χ1n) is 21.8. The van der Waals surface area contributed by atoms with Gasteiger partial charge in [-0.05, 0) is 120 Å². The van der Waals surface area contributed by atoms with Gasteiger partial charge in [0.25, 0.3) is 0 Å². The molecule has 0 N–H and O–H groups in total. The van der Waals surface area contributed by atoms with E-state index in [4.69, 9.17) is 0 Å². The van der Waals surface area contributed by atoms with E-state index in [2.05, 4.69) is 165 Å². The van der Waals surface area contributed by atoms with Crippen LogP contribution in [-0.4, -0.2) is 3.21 Å². The van der Waals surface area contributed by atoms with E-state index < -0.39 is 0 Å². The molecule has 4 fully saturated rings. The molecule has 0 radical (unpaired) electrons. The van der Waals surface area contributed by atoms with Gasteiger partial charge in [-0.15, -0.1) is 11.6 Å². The fraction of sp³-hybridized carbons (Fsp3) is 0.411. The van der Waals surface area contributed by atoms with E-state index in [-0.39, 0.29) is 35.6 Å². The monoisotopic (exact) mass is 892 g/mol. The Balaban J connectivity index is 0.000000138. The van der Waals surface area contributed by atoms with Crippen LogP contribution in [0, 0.1) is 41.2 Å². The molecule has 1 unspecified atom stereocenters. The number of allylic oxidation sites excluding steroid dienone is 8. The zero-order chi connectivity index (χ0) is 39.9. The third kappa shape index (κ3) is 8.54. The van der Waals surface area contributed by atoms with Crippen molar-refractivity contribution in [3.63, 3.8) is 0 Å². The molecular weight excluding hydrogens is 835 g/mol. The van der Waals surface area contributed by atoms with Crippen molar-refractivity contribution in [1.82, 2.24) is 0 Å². The van der Waals surface area contributed by atoms with Crippen molar-refractivity contribution >= 4 is 14.4 Å². The number of hydrogen-bond acceptors (Lipinski definition) is 0. The molecule has 4 aromatic rings.